The first-order valence-electron chi connectivity index (χ1n) is 8.87. The van der Waals surface area contributed by atoms with Gasteiger partial charge in [-0.15, -0.1) is 0 Å². The topological polar surface area (TPSA) is 110 Å². The molecular weight excluding hydrogens is 370 g/mol. The highest BCUT2D eigenvalue weighted by atomic mass is 32.2. The molecular formula is C18H27N3O5S. The Kier molecular flexibility index (Phi) is 6.61. The van der Waals surface area contributed by atoms with Crippen LogP contribution < -0.4 is 5.73 Å². The van der Waals surface area contributed by atoms with Crippen molar-refractivity contribution in [2.24, 2.45) is 5.73 Å². The van der Waals surface area contributed by atoms with Crippen molar-refractivity contribution in [3.63, 3.8) is 0 Å². The summed E-state index contributed by atoms with van der Waals surface area (Å²) < 4.78 is 33.0. The monoisotopic (exact) mass is 397 g/mol. The van der Waals surface area contributed by atoms with Crippen LogP contribution in [0.5, 0.6) is 0 Å². The van der Waals surface area contributed by atoms with E-state index in [4.69, 9.17) is 10.5 Å². The summed E-state index contributed by atoms with van der Waals surface area (Å²) in [4.78, 5) is 25.4. The first kappa shape index (κ1) is 21.3. The second kappa shape index (κ2) is 8.37. The van der Waals surface area contributed by atoms with E-state index < -0.39 is 21.8 Å². The normalized spacial score (nSPS) is 21.2. The largest absolute Gasteiger partial charge is 0.373 e. The molecule has 9 heteroatoms. The Morgan fingerprint density at radius 2 is 1.85 bits per heavy atom. The number of amides is 2. The maximum atomic E-state index is 13.0. The van der Waals surface area contributed by atoms with E-state index in [-0.39, 0.29) is 48.3 Å². The van der Waals surface area contributed by atoms with Crippen molar-refractivity contribution >= 4 is 21.8 Å². The van der Waals surface area contributed by atoms with Crippen molar-refractivity contribution in [1.29, 1.82) is 0 Å². The highest BCUT2D eigenvalue weighted by Crippen LogP contribution is 2.22. The van der Waals surface area contributed by atoms with Crippen LogP contribution in [0.2, 0.25) is 0 Å². The molecule has 1 aliphatic heterocycles. The van der Waals surface area contributed by atoms with Crippen molar-refractivity contribution in [3.8, 4) is 0 Å². The molecule has 0 unspecified atom stereocenters. The van der Waals surface area contributed by atoms with Crippen LogP contribution in [0.1, 0.15) is 38.1 Å². The van der Waals surface area contributed by atoms with Gasteiger partial charge in [0, 0.05) is 24.7 Å². The number of nitrogens with two attached hydrogens (primary N) is 1. The van der Waals surface area contributed by atoms with E-state index in [9.17, 15) is 18.0 Å². The molecule has 0 bridgehead atoms. The van der Waals surface area contributed by atoms with Gasteiger partial charge < -0.3 is 15.4 Å². The number of primary amides is 1. The number of morpholine rings is 1. The summed E-state index contributed by atoms with van der Waals surface area (Å²) in [6.07, 6.45) is -0.416. The van der Waals surface area contributed by atoms with Crippen molar-refractivity contribution < 1.29 is 22.7 Å². The number of nitrogens with zero attached hydrogens (tertiary/aromatic N) is 2. The fourth-order valence-corrected chi connectivity index (χ4v) is 4.73. The summed E-state index contributed by atoms with van der Waals surface area (Å²) in [5.41, 5.74) is 5.42. The SMILES string of the molecule is CC(C)N(CC(N)=O)C(=O)c1cccc(S(=O)(=O)N2C[C@@H](C)O[C@H](C)C2)c1. The summed E-state index contributed by atoms with van der Waals surface area (Å²) in [7, 11) is -3.76. The lowest BCUT2D eigenvalue weighted by Crippen LogP contribution is -2.48. The molecule has 2 atom stereocenters. The lowest BCUT2D eigenvalue weighted by Gasteiger charge is -2.34. The molecule has 1 heterocycles. The lowest BCUT2D eigenvalue weighted by molar-refractivity contribution is -0.119. The van der Waals surface area contributed by atoms with Gasteiger partial charge in [0.2, 0.25) is 15.9 Å². The van der Waals surface area contributed by atoms with Crippen LogP contribution in [-0.4, -0.2) is 67.3 Å². The molecule has 0 saturated carbocycles. The molecule has 0 aromatic heterocycles. The van der Waals surface area contributed by atoms with Crippen LogP contribution in [0.4, 0.5) is 0 Å². The predicted octanol–water partition coefficient (Wildman–Crippen LogP) is 0.820. The number of hydrogen-bond donors (Lipinski definition) is 1. The third-order valence-electron chi connectivity index (χ3n) is 4.32. The van der Waals surface area contributed by atoms with E-state index in [1.54, 1.807) is 13.8 Å². The minimum atomic E-state index is -3.76. The molecule has 8 nitrogen and oxygen atoms in total. The molecule has 1 aliphatic rings. The van der Waals surface area contributed by atoms with Crippen molar-refractivity contribution in [2.45, 2.75) is 50.8 Å². The molecule has 27 heavy (non-hydrogen) atoms. The average Bonchev–Trinajstić information content (AvgIpc) is 2.58. The molecule has 1 aromatic rings. The fourth-order valence-electron chi connectivity index (χ4n) is 3.09. The van der Waals surface area contributed by atoms with Gasteiger partial charge in [0.05, 0.1) is 23.6 Å². The molecule has 150 valence electrons. The number of rotatable bonds is 6. The number of carbonyl (C=O) groups is 2. The molecule has 2 rings (SSSR count). The van der Waals surface area contributed by atoms with E-state index in [1.165, 1.54) is 33.5 Å². The van der Waals surface area contributed by atoms with Gasteiger partial charge in [-0.25, -0.2) is 8.42 Å². The van der Waals surface area contributed by atoms with E-state index in [0.29, 0.717) is 0 Å². The van der Waals surface area contributed by atoms with Gasteiger partial charge in [-0.1, -0.05) is 6.07 Å². The summed E-state index contributed by atoms with van der Waals surface area (Å²) in [5.74, 6) is -1.07. The zero-order chi connectivity index (χ0) is 20.4. The molecule has 1 fully saturated rings. The van der Waals surface area contributed by atoms with Crippen LogP contribution in [0.25, 0.3) is 0 Å². The molecule has 2 N–H and O–H groups in total. The molecule has 0 spiro atoms. The Morgan fingerprint density at radius 3 is 2.37 bits per heavy atom. The van der Waals surface area contributed by atoms with E-state index in [1.807, 2.05) is 13.8 Å². The highest BCUT2D eigenvalue weighted by Gasteiger charge is 2.32. The third-order valence-corrected chi connectivity index (χ3v) is 6.14. The number of hydrogen-bond acceptors (Lipinski definition) is 5. The van der Waals surface area contributed by atoms with Gasteiger partial charge in [0.25, 0.3) is 5.91 Å². The molecule has 1 saturated heterocycles. The van der Waals surface area contributed by atoms with Crippen LogP contribution in [0.15, 0.2) is 29.2 Å². The smallest absolute Gasteiger partial charge is 0.254 e. The summed E-state index contributed by atoms with van der Waals surface area (Å²) in [6, 6.07) is 5.60. The highest BCUT2D eigenvalue weighted by molar-refractivity contribution is 7.89. The Labute approximate surface area is 160 Å². The second-order valence-electron chi connectivity index (χ2n) is 7.10. The lowest BCUT2D eigenvalue weighted by atomic mass is 10.1. The second-order valence-corrected chi connectivity index (χ2v) is 9.04. The zero-order valence-corrected chi connectivity index (χ0v) is 16.9. The van der Waals surface area contributed by atoms with E-state index in [2.05, 4.69) is 0 Å². The van der Waals surface area contributed by atoms with Crippen LogP contribution in [-0.2, 0) is 19.6 Å². The first-order valence-corrected chi connectivity index (χ1v) is 10.3. The quantitative estimate of drug-likeness (QED) is 0.764. The number of benzene rings is 1. The maximum absolute atomic E-state index is 13.0. The van der Waals surface area contributed by atoms with Gasteiger partial charge in [-0.3, -0.25) is 9.59 Å². The van der Waals surface area contributed by atoms with Crippen LogP contribution in [0, 0.1) is 0 Å². The third kappa shape index (κ3) is 5.06. The standard InChI is InChI=1S/C18H27N3O5S/c1-12(2)21(11-17(19)22)18(23)15-6-5-7-16(8-15)27(24,25)20-9-13(3)26-14(4)10-20/h5-8,12-14H,9-11H2,1-4H3,(H2,19,22)/t13-,14-/m1/s1. The van der Waals surface area contributed by atoms with Gasteiger partial charge in [0.15, 0.2) is 0 Å². The minimum absolute atomic E-state index is 0.0393. The maximum Gasteiger partial charge on any atom is 0.254 e. The summed E-state index contributed by atoms with van der Waals surface area (Å²) >= 11 is 0. The molecule has 0 aliphatic carbocycles. The Bertz CT molecular complexity index is 799. The average molecular weight is 397 g/mol. The van der Waals surface area contributed by atoms with E-state index in [0.717, 1.165) is 0 Å². The Balaban J connectivity index is 2.33. The van der Waals surface area contributed by atoms with E-state index >= 15 is 0 Å². The van der Waals surface area contributed by atoms with Crippen molar-refractivity contribution in [1.82, 2.24) is 9.21 Å². The number of ether oxygens (including phenoxy) is 1. The fraction of sp³-hybridized carbons (Fsp3) is 0.556. The first-order chi connectivity index (χ1) is 12.5. The molecule has 2 amide bonds. The van der Waals surface area contributed by atoms with Crippen LogP contribution >= 0.6 is 0 Å². The van der Waals surface area contributed by atoms with Gasteiger partial charge in [-0.05, 0) is 45.9 Å². The Hall–Kier alpha value is -1.97. The van der Waals surface area contributed by atoms with Crippen LogP contribution in [0.3, 0.4) is 0 Å². The van der Waals surface area contributed by atoms with Gasteiger partial charge in [-0.2, -0.15) is 4.31 Å². The van der Waals surface area contributed by atoms with Crippen molar-refractivity contribution in [3.05, 3.63) is 29.8 Å². The number of carbonyl (C=O) groups excluding carboxylic acids is 2. The van der Waals surface area contributed by atoms with Gasteiger partial charge in [0.1, 0.15) is 0 Å². The zero-order valence-electron chi connectivity index (χ0n) is 16.1. The molecule has 1 aromatic carbocycles. The minimum Gasteiger partial charge on any atom is -0.373 e. The van der Waals surface area contributed by atoms with Crippen molar-refractivity contribution in [2.75, 3.05) is 19.6 Å². The summed E-state index contributed by atoms with van der Waals surface area (Å²) in [5, 5.41) is 0. The molecule has 0 radical (unpaired) electrons. The Morgan fingerprint density at radius 1 is 1.26 bits per heavy atom. The predicted molar refractivity (Wildman–Crippen MR) is 101 cm³/mol. The number of sulfonamides is 1. The van der Waals surface area contributed by atoms with Gasteiger partial charge >= 0.3 is 0 Å². The summed E-state index contributed by atoms with van der Waals surface area (Å²) in [6.45, 7) is 7.45.